The van der Waals surface area contributed by atoms with Crippen molar-refractivity contribution in [2.75, 3.05) is 6.54 Å². The number of hydrogen-bond donors (Lipinski definition) is 2. The number of aliphatic hydroxyl groups excluding tert-OH is 1. The zero-order valence-electron chi connectivity index (χ0n) is 13.5. The summed E-state index contributed by atoms with van der Waals surface area (Å²) in [5, 5.41) is 13.2. The minimum absolute atomic E-state index is 0.0161. The van der Waals surface area contributed by atoms with Gasteiger partial charge in [-0.2, -0.15) is 0 Å². The average Bonchev–Trinajstić information content (AvgIpc) is 2.90. The van der Waals surface area contributed by atoms with Gasteiger partial charge in [-0.3, -0.25) is 0 Å². The third kappa shape index (κ3) is 3.02. The van der Waals surface area contributed by atoms with Gasteiger partial charge in [0.15, 0.2) is 0 Å². The lowest BCUT2D eigenvalue weighted by atomic mass is 10.1. The van der Waals surface area contributed by atoms with Gasteiger partial charge in [-0.25, -0.2) is 13.8 Å². The Hall–Kier alpha value is -2.31. The molecule has 0 spiro atoms. The zero-order chi connectivity index (χ0) is 17.3. The normalized spacial score (nSPS) is 14.0. The summed E-state index contributed by atoms with van der Waals surface area (Å²) in [5.74, 6) is -0.711. The van der Waals surface area contributed by atoms with Crippen molar-refractivity contribution in [1.29, 1.82) is 0 Å². The molecule has 0 saturated carbocycles. The second-order valence-electron chi connectivity index (χ2n) is 5.80. The molecule has 0 aliphatic heterocycles. The van der Waals surface area contributed by atoms with Crippen LogP contribution in [0.5, 0.6) is 0 Å². The summed E-state index contributed by atoms with van der Waals surface area (Å²) in [6.45, 7) is 1.91. The highest BCUT2D eigenvalue weighted by Crippen LogP contribution is 2.22. The predicted molar refractivity (Wildman–Crippen MR) is 88.4 cm³/mol. The van der Waals surface area contributed by atoms with Crippen LogP contribution in [0, 0.1) is 11.6 Å². The molecule has 126 valence electrons. The molecular formula is C18H19F2N3O. The van der Waals surface area contributed by atoms with Crippen LogP contribution in [0.1, 0.15) is 30.5 Å². The van der Waals surface area contributed by atoms with Crippen LogP contribution in [-0.4, -0.2) is 21.2 Å². The molecule has 0 amide bonds. The van der Waals surface area contributed by atoms with Gasteiger partial charge in [-0.05, 0) is 31.2 Å². The number of fused-ring (bicyclic) bond motifs is 1. The number of aryl methyl sites for hydroxylation is 1. The Balaban J connectivity index is 1.75. The number of nitrogens with zero attached hydrogens (tertiary/aromatic N) is 2. The molecule has 0 aliphatic carbocycles. The number of imidazole rings is 1. The van der Waals surface area contributed by atoms with Crippen LogP contribution in [-0.2, 0) is 7.05 Å². The van der Waals surface area contributed by atoms with E-state index in [0.29, 0.717) is 0 Å². The maximum Gasteiger partial charge on any atom is 0.131 e. The lowest BCUT2D eigenvalue weighted by Gasteiger charge is -2.18. The Kier molecular flexibility index (Phi) is 4.59. The van der Waals surface area contributed by atoms with E-state index in [4.69, 9.17) is 0 Å². The Morgan fingerprint density at radius 3 is 2.46 bits per heavy atom. The summed E-state index contributed by atoms with van der Waals surface area (Å²) in [6.07, 6.45) is -1.27. The number of aliphatic hydroxyl groups is 1. The fourth-order valence-corrected chi connectivity index (χ4v) is 2.86. The van der Waals surface area contributed by atoms with Crippen LogP contribution in [0.2, 0.25) is 0 Å². The minimum Gasteiger partial charge on any atom is -0.387 e. The van der Waals surface area contributed by atoms with Crippen molar-refractivity contribution in [3.63, 3.8) is 0 Å². The second-order valence-corrected chi connectivity index (χ2v) is 5.80. The predicted octanol–water partition coefficient (Wildman–Crippen LogP) is 3.24. The maximum absolute atomic E-state index is 13.7. The van der Waals surface area contributed by atoms with Crippen LogP contribution in [0.15, 0.2) is 42.5 Å². The van der Waals surface area contributed by atoms with Gasteiger partial charge in [-0.15, -0.1) is 0 Å². The number of halogens is 2. The van der Waals surface area contributed by atoms with E-state index in [2.05, 4.69) is 10.3 Å². The number of nitrogens with one attached hydrogen (secondary N) is 1. The van der Waals surface area contributed by atoms with E-state index in [1.807, 2.05) is 42.8 Å². The lowest BCUT2D eigenvalue weighted by molar-refractivity contribution is 0.160. The van der Waals surface area contributed by atoms with Crippen molar-refractivity contribution in [2.45, 2.75) is 19.1 Å². The second kappa shape index (κ2) is 6.67. The molecule has 0 saturated heterocycles. The van der Waals surface area contributed by atoms with Crippen LogP contribution in [0.4, 0.5) is 8.78 Å². The van der Waals surface area contributed by atoms with Gasteiger partial charge in [0.2, 0.25) is 0 Å². The van der Waals surface area contributed by atoms with Gasteiger partial charge >= 0.3 is 0 Å². The monoisotopic (exact) mass is 331 g/mol. The zero-order valence-corrected chi connectivity index (χ0v) is 13.5. The molecule has 2 unspecified atom stereocenters. The van der Waals surface area contributed by atoms with E-state index in [1.165, 1.54) is 6.07 Å². The smallest absolute Gasteiger partial charge is 0.131 e. The molecule has 2 aromatic carbocycles. The van der Waals surface area contributed by atoms with Crippen molar-refractivity contribution >= 4 is 11.0 Å². The van der Waals surface area contributed by atoms with Crippen LogP contribution < -0.4 is 5.32 Å². The summed E-state index contributed by atoms with van der Waals surface area (Å²) in [5.41, 5.74) is 1.56. The van der Waals surface area contributed by atoms with Crippen LogP contribution >= 0.6 is 0 Å². The van der Waals surface area contributed by atoms with E-state index >= 15 is 0 Å². The molecule has 1 heterocycles. The van der Waals surface area contributed by atoms with Crippen molar-refractivity contribution in [1.82, 2.24) is 14.9 Å². The Morgan fingerprint density at radius 1 is 1.12 bits per heavy atom. The molecule has 2 atom stereocenters. The molecule has 0 bridgehead atoms. The van der Waals surface area contributed by atoms with Crippen LogP contribution in [0.25, 0.3) is 11.0 Å². The fraction of sp³-hybridized carbons (Fsp3) is 0.278. The van der Waals surface area contributed by atoms with E-state index in [0.717, 1.165) is 29.0 Å². The first-order valence-corrected chi connectivity index (χ1v) is 7.75. The molecule has 0 fully saturated rings. The average molecular weight is 331 g/mol. The third-order valence-electron chi connectivity index (χ3n) is 4.16. The summed E-state index contributed by atoms with van der Waals surface area (Å²) in [6, 6.07) is 11.1. The van der Waals surface area contributed by atoms with E-state index in [-0.39, 0.29) is 18.2 Å². The number of benzene rings is 2. The number of rotatable bonds is 5. The molecule has 4 nitrogen and oxygen atoms in total. The van der Waals surface area contributed by atoms with E-state index in [9.17, 15) is 13.9 Å². The Bertz CT molecular complexity index is 842. The lowest BCUT2D eigenvalue weighted by Crippen LogP contribution is -2.27. The van der Waals surface area contributed by atoms with Crippen molar-refractivity contribution in [3.05, 3.63) is 65.5 Å². The van der Waals surface area contributed by atoms with Gasteiger partial charge in [-0.1, -0.05) is 18.2 Å². The van der Waals surface area contributed by atoms with E-state index in [1.54, 1.807) is 0 Å². The molecule has 3 aromatic rings. The topological polar surface area (TPSA) is 50.1 Å². The third-order valence-corrected chi connectivity index (χ3v) is 4.16. The quantitative estimate of drug-likeness (QED) is 0.755. The fourth-order valence-electron chi connectivity index (χ4n) is 2.86. The largest absolute Gasteiger partial charge is 0.387 e. The molecule has 1 aromatic heterocycles. The molecule has 2 N–H and O–H groups in total. The molecule has 0 radical (unpaired) electrons. The van der Waals surface area contributed by atoms with Gasteiger partial charge in [0, 0.05) is 13.6 Å². The standard InChI is InChI=1S/C18H19F2N3O/c1-11(18-22-14-8-3-4-9-15(14)23(18)2)21-10-16(24)17-12(19)6-5-7-13(17)20/h3-9,11,16,21,24H,10H2,1-2H3. The minimum atomic E-state index is -1.27. The summed E-state index contributed by atoms with van der Waals surface area (Å²) in [7, 11) is 1.91. The van der Waals surface area contributed by atoms with Gasteiger partial charge in [0.05, 0.1) is 28.7 Å². The molecule has 24 heavy (non-hydrogen) atoms. The molecule has 3 rings (SSSR count). The van der Waals surface area contributed by atoms with Crippen molar-refractivity contribution in [3.8, 4) is 0 Å². The maximum atomic E-state index is 13.7. The first kappa shape index (κ1) is 16.5. The highest BCUT2D eigenvalue weighted by molar-refractivity contribution is 5.75. The highest BCUT2D eigenvalue weighted by atomic mass is 19.1. The molecule has 0 aliphatic rings. The van der Waals surface area contributed by atoms with Crippen LogP contribution in [0.3, 0.4) is 0 Å². The van der Waals surface area contributed by atoms with Gasteiger partial charge in [0.25, 0.3) is 0 Å². The molecular weight excluding hydrogens is 312 g/mol. The first-order valence-electron chi connectivity index (χ1n) is 7.75. The van der Waals surface area contributed by atoms with Crippen molar-refractivity contribution in [2.24, 2.45) is 7.05 Å². The number of para-hydroxylation sites is 2. The Morgan fingerprint density at radius 2 is 1.79 bits per heavy atom. The SMILES string of the molecule is CC(NCC(O)c1c(F)cccc1F)c1nc2ccccc2n1C. The summed E-state index contributed by atoms with van der Waals surface area (Å²) < 4.78 is 29.4. The first-order chi connectivity index (χ1) is 11.5. The van der Waals surface area contributed by atoms with Gasteiger partial charge < -0.3 is 15.0 Å². The highest BCUT2D eigenvalue weighted by Gasteiger charge is 2.20. The summed E-state index contributed by atoms with van der Waals surface area (Å²) in [4.78, 5) is 4.57. The number of hydrogen-bond acceptors (Lipinski definition) is 3. The number of aromatic nitrogens is 2. The van der Waals surface area contributed by atoms with Crippen molar-refractivity contribution < 1.29 is 13.9 Å². The molecule has 6 heteroatoms. The van der Waals surface area contributed by atoms with Gasteiger partial charge in [0.1, 0.15) is 17.5 Å². The van der Waals surface area contributed by atoms with E-state index < -0.39 is 17.7 Å². The Labute approximate surface area is 138 Å². The summed E-state index contributed by atoms with van der Waals surface area (Å²) >= 11 is 0.